The molecule has 1 aromatic carbocycles. The Morgan fingerprint density at radius 3 is 1.18 bits per heavy atom. The molecule has 1 fully saturated rings. The number of hydrogen-bond donors (Lipinski definition) is 0. The van der Waals surface area contributed by atoms with Crippen LogP contribution in [0.1, 0.15) is 12.8 Å². The van der Waals surface area contributed by atoms with Gasteiger partial charge in [-0.2, -0.15) is 0 Å². The first kappa shape index (κ1) is 8.28. The van der Waals surface area contributed by atoms with Gasteiger partial charge in [0.2, 0.25) is 0 Å². The maximum Gasteiger partial charge on any atom is 0.0466 e. The van der Waals surface area contributed by atoms with Gasteiger partial charge in [0.05, 0.1) is 0 Å². The van der Waals surface area contributed by atoms with Crippen molar-refractivity contribution in [3.8, 4) is 0 Å². The highest BCUT2D eigenvalue weighted by molar-refractivity contribution is 4.99. The summed E-state index contributed by atoms with van der Waals surface area (Å²) in [6.07, 6.45) is 2.56. The van der Waals surface area contributed by atoms with Gasteiger partial charge in [0.1, 0.15) is 0 Å². The van der Waals surface area contributed by atoms with Crippen molar-refractivity contribution < 1.29 is 4.74 Å². The molecule has 0 unspecified atom stereocenters. The maximum absolute atomic E-state index is 4.94. The fraction of sp³-hybridized carbons (Fsp3) is 0.400. The summed E-state index contributed by atoms with van der Waals surface area (Å²) < 4.78 is 4.94. The number of hydrogen-bond acceptors (Lipinski definition) is 1. The predicted octanol–water partition coefficient (Wildman–Crippen LogP) is 2.48. The fourth-order valence-electron chi connectivity index (χ4n) is 0.895. The van der Waals surface area contributed by atoms with Crippen molar-refractivity contribution in [3.05, 3.63) is 36.4 Å². The highest BCUT2D eigenvalue weighted by Crippen LogP contribution is 1.98. The lowest BCUT2D eigenvalue weighted by Gasteiger charge is -1.76. The molecule has 0 N–H and O–H groups in total. The van der Waals surface area contributed by atoms with E-state index in [4.69, 9.17) is 4.74 Å². The first-order chi connectivity index (χ1) is 5.50. The lowest BCUT2D eigenvalue weighted by atomic mass is 10.4. The molecule has 0 aliphatic carbocycles. The van der Waals surface area contributed by atoms with E-state index in [1.54, 1.807) is 0 Å². The van der Waals surface area contributed by atoms with E-state index in [2.05, 4.69) is 0 Å². The minimum atomic E-state index is 1.00. The normalized spacial score (nSPS) is 15.3. The molecule has 1 aliphatic heterocycles. The van der Waals surface area contributed by atoms with Crippen molar-refractivity contribution in [2.24, 2.45) is 0 Å². The first-order valence-electron chi connectivity index (χ1n) is 4.08. The molecular formula is C10H14O. The Labute approximate surface area is 68.0 Å². The molecule has 1 saturated heterocycles. The van der Waals surface area contributed by atoms with E-state index in [0.717, 1.165) is 13.2 Å². The molecule has 0 aromatic heterocycles. The van der Waals surface area contributed by atoms with Gasteiger partial charge in [-0.15, -0.1) is 0 Å². The summed E-state index contributed by atoms with van der Waals surface area (Å²) in [6, 6.07) is 12.0. The molecule has 0 spiro atoms. The van der Waals surface area contributed by atoms with E-state index in [-0.39, 0.29) is 0 Å². The molecule has 1 heterocycles. The maximum atomic E-state index is 4.94. The highest BCUT2D eigenvalue weighted by atomic mass is 16.5. The largest absolute Gasteiger partial charge is 0.381 e. The second-order valence-corrected chi connectivity index (χ2v) is 2.47. The number of benzene rings is 1. The van der Waals surface area contributed by atoms with Gasteiger partial charge in [0.15, 0.2) is 0 Å². The third-order valence-corrected chi connectivity index (χ3v) is 1.49. The highest BCUT2D eigenvalue weighted by Gasteiger charge is 1.94. The summed E-state index contributed by atoms with van der Waals surface area (Å²) in [7, 11) is 0. The van der Waals surface area contributed by atoms with Crippen molar-refractivity contribution >= 4 is 0 Å². The van der Waals surface area contributed by atoms with Gasteiger partial charge in [-0.05, 0) is 12.8 Å². The molecule has 1 aliphatic rings. The van der Waals surface area contributed by atoms with Gasteiger partial charge in [-0.25, -0.2) is 0 Å². The van der Waals surface area contributed by atoms with Gasteiger partial charge >= 0.3 is 0 Å². The third kappa shape index (κ3) is 4.57. The lowest BCUT2D eigenvalue weighted by molar-refractivity contribution is 0.198. The Morgan fingerprint density at radius 2 is 1.00 bits per heavy atom. The SMILES string of the molecule is C1CCOC1.c1ccccc1. The first-order valence-corrected chi connectivity index (χ1v) is 4.08. The van der Waals surface area contributed by atoms with Crippen LogP contribution in [0.5, 0.6) is 0 Å². The molecule has 0 atom stereocenters. The van der Waals surface area contributed by atoms with Crippen molar-refractivity contribution in [2.75, 3.05) is 13.2 Å². The van der Waals surface area contributed by atoms with Crippen LogP contribution in [-0.2, 0) is 4.74 Å². The van der Waals surface area contributed by atoms with Crippen molar-refractivity contribution in [3.63, 3.8) is 0 Å². The minimum Gasteiger partial charge on any atom is -0.381 e. The topological polar surface area (TPSA) is 9.23 Å². The van der Waals surface area contributed by atoms with Crippen molar-refractivity contribution in [2.45, 2.75) is 12.8 Å². The van der Waals surface area contributed by atoms with Crippen molar-refractivity contribution in [1.82, 2.24) is 0 Å². The van der Waals surface area contributed by atoms with E-state index in [1.165, 1.54) is 12.8 Å². The minimum absolute atomic E-state index is 1.00. The Kier molecular flexibility index (Phi) is 4.46. The van der Waals surface area contributed by atoms with Crippen LogP contribution in [0.25, 0.3) is 0 Å². The van der Waals surface area contributed by atoms with Gasteiger partial charge in [-0.3, -0.25) is 0 Å². The van der Waals surface area contributed by atoms with E-state index in [9.17, 15) is 0 Å². The van der Waals surface area contributed by atoms with E-state index in [0.29, 0.717) is 0 Å². The molecule has 0 amide bonds. The van der Waals surface area contributed by atoms with E-state index in [1.807, 2.05) is 36.4 Å². The summed E-state index contributed by atoms with van der Waals surface area (Å²) in [5.41, 5.74) is 0. The van der Waals surface area contributed by atoms with E-state index < -0.39 is 0 Å². The number of rotatable bonds is 0. The second kappa shape index (κ2) is 5.93. The molecule has 60 valence electrons. The quantitative estimate of drug-likeness (QED) is 0.552. The molecule has 2 rings (SSSR count). The summed E-state index contributed by atoms with van der Waals surface area (Å²) in [6.45, 7) is 2.00. The summed E-state index contributed by atoms with van der Waals surface area (Å²) in [5.74, 6) is 0. The van der Waals surface area contributed by atoms with Gasteiger partial charge in [0, 0.05) is 13.2 Å². The van der Waals surface area contributed by atoms with Gasteiger partial charge in [0.25, 0.3) is 0 Å². The zero-order valence-electron chi connectivity index (χ0n) is 6.70. The molecule has 11 heavy (non-hydrogen) atoms. The van der Waals surface area contributed by atoms with Crippen LogP contribution in [-0.4, -0.2) is 13.2 Å². The standard InChI is InChI=1S/C6H6.C4H8O/c1-2-4-6-5-3-1;1-2-4-5-3-1/h1-6H;1-4H2. The van der Waals surface area contributed by atoms with Gasteiger partial charge < -0.3 is 4.74 Å². The monoisotopic (exact) mass is 150 g/mol. The lowest BCUT2D eigenvalue weighted by Crippen LogP contribution is -1.74. The van der Waals surface area contributed by atoms with Crippen LogP contribution in [0.4, 0.5) is 0 Å². The molecule has 0 bridgehead atoms. The molecule has 0 saturated carbocycles. The third-order valence-electron chi connectivity index (χ3n) is 1.49. The Hall–Kier alpha value is -0.820. The molecule has 1 nitrogen and oxygen atoms in total. The summed E-state index contributed by atoms with van der Waals surface area (Å²) in [4.78, 5) is 0. The Morgan fingerprint density at radius 1 is 0.636 bits per heavy atom. The average Bonchev–Trinajstić information content (AvgIpc) is 2.64. The van der Waals surface area contributed by atoms with Crippen LogP contribution in [0.3, 0.4) is 0 Å². The average molecular weight is 150 g/mol. The predicted molar refractivity (Wildman–Crippen MR) is 46.5 cm³/mol. The summed E-state index contributed by atoms with van der Waals surface area (Å²) >= 11 is 0. The van der Waals surface area contributed by atoms with Crippen molar-refractivity contribution in [1.29, 1.82) is 0 Å². The zero-order chi connectivity index (χ0) is 7.78. The zero-order valence-corrected chi connectivity index (χ0v) is 6.70. The molecule has 1 heteroatoms. The summed E-state index contributed by atoms with van der Waals surface area (Å²) in [5, 5.41) is 0. The smallest absolute Gasteiger partial charge is 0.0466 e. The van der Waals surface area contributed by atoms with E-state index >= 15 is 0 Å². The van der Waals surface area contributed by atoms with Crippen LogP contribution >= 0.6 is 0 Å². The fourth-order valence-corrected chi connectivity index (χ4v) is 0.895. The Bertz CT molecular complexity index is 121. The molecule has 1 aromatic rings. The van der Waals surface area contributed by atoms with Gasteiger partial charge in [-0.1, -0.05) is 36.4 Å². The van der Waals surface area contributed by atoms with Crippen LogP contribution in [0, 0.1) is 0 Å². The molecular weight excluding hydrogens is 136 g/mol. The van der Waals surface area contributed by atoms with Crippen LogP contribution < -0.4 is 0 Å². The number of ether oxygens (including phenoxy) is 1. The Balaban J connectivity index is 0.000000112. The van der Waals surface area contributed by atoms with Crippen LogP contribution in [0.2, 0.25) is 0 Å². The second-order valence-electron chi connectivity index (χ2n) is 2.47. The molecule has 0 radical (unpaired) electrons. The van der Waals surface area contributed by atoms with Crippen LogP contribution in [0.15, 0.2) is 36.4 Å².